The summed E-state index contributed by atoms with van der Waals surface area (Å²) in [4.78, 5) is 2.07. The third-order valence-corrected chi connectivity index (χ3v) is 4.29. The fraction of sp³-hybridized carbons (Fsp3) is 0.500. The molecule has 2 rings (SSSR count). The molecule has 100 valence electrons. The Hall–Kier alpha value is -1.11. The lowest BCUT2D eigenvalue weighted by Gasteiger charge is -2.34. The largest absolute Gasteiger partial charge is 0.468 e. The molecule has 0 N–H and O–H groups in total. The van der Waals surface area contributed by atoms with Crippen LogP contribution in [0.25, 0.3) is 0 Å². The van der Waals surface area contributed by atoms with E-state index in [1.54, 1.807) is 6.26 Å². The van der Waals surface area contributed by atoms with Crippen molar-refractivity contribution in [3.05, 3.63) is 36.1 Å². The summed E-state index contributed by atoms with van der Waals surface area (Å²) in [6.07, 6.45) is 1.61. The summed E-state index contributed by atoms with van der Waals surface area (Å²) in [5, 5.41) is 1.01. The van der Waals surface area contributed by atoms with Crippen molar-refractivity contribution < 1.29 is 17.6 Å². The van der Waals surface area contributed by atoms with Crippen molar-refractivity contribution in [2.45, 2.75) is 6.04 Å². The molecule has 1 aromatic heterocycles. The maximum Gasteiger partial charge on any atom is 0.172 e. The zero-order valence-electron chi connectivity index (χ0n) is 10.1. The van der Waals surface area contributed by atoms with Gasteiger partial charge in [0.2, 0.25) is 0 Å². The molecule has 18 heavy (non-hydrogen) atoms. The molecule has 1 fully saturated rings. The molecule has 1 atom stereocenters. The van der Waals surface area contributed by atoms with Gasteiger partial charge in [-0.1, -0.05) is 6.58 Å². The number of hydrogen-bond donors (Lipinski definition) is 0. The summed E-state index contributed by atoms with van der Waals surface area (Å²) in [7, 11) is -3.16. The molecule has 2 heterocycles. The number of morpholine rings is 1. The van der Waals surface area contributed by atoms with Crippen molar-refractivity contribution >= 4 is 9.84 Å². The Morgan fingerprint density at radius 1 is 1.56 bits per heavy atom. The van der Waals surface area contributed by atoms with Gasteiger partial charge >= 0.3 is 0 Å². The van der Waals surface area contributed by atoms with Crippen LogP contribution in [-0.2, 0) is 14.6 Å². The van der Waals surface area contributed by atoms with Crippen LogP contribution in [0, 0.1) is 0 Å². The topological polar surface area (TPSA) is 59.8 Å². The Labute approximate surface area is 107 Å². The minimum atomic E-state index is -3.16. The van der Waals surface area contributed by atoms with Gasteiger partial charge in [0.05, 0.1) is 31.3 Å². The highest BCUT2D eigenvalue weighted by Gasteiger charge is 2.27. The predicted molar refractivity (Wildman–Crippen MR) is 67.8 cm³/mol. The first-order valence-corrected chi connectivity index (χ1v) is 7.54. The van der Waals surface area contributed by atoms with Crippen LogP contribution >= 0.6 is 0 Å². The number of furan rings is 1. The Morgan fingerprint density at radius 3 is 3.06 bits per heavy atom. The fourth-order valence-corrected chi connectivity index (χ4v) is 2.63. The quantitative estimate of drug-likeness (QED) is 0.805. The van der Waals surface area contributed by atoms with E-state index in [4.69, 9.17) is 9.15 Å². The summed E-state index contributed by atoms with van der Waals surface area (Å²) < 4.78 is 33.7. The summed E-state index contributed by atoms with van der Waals surface area (Å²) in [6, 6.07) is 3.70. The van der Waals surface area contributed by atoms with E-state index in [0.717, 1.165) is 11.2 Å². The molecular formula is C12H17NO4S. The molecule has 1 aromatic rings. The van der Waals surface area contributed by atoms with Crippen molar-refractivity contribution in [2.24, 2.45) is 0 Å². The molecule has 0 bridgehead atoms. The van der Waals surface area contributed by atoms with Gasteiger partial charge < -0.3 is 9.15 Å². The average molecular weight is 271 g/mol. The summed E-state index contributed by atoms with van der Waals surface area (Å²) >= 11 is 0. The molecule has 0 aliphatic carbocycles. The predicted octanol–water partition coefficient (Wildman–Crippen LogP) is 1.21. The number of ether oxygens (including phenoxy) is 1. The van der Waals surface area contributed by atoms with Crippen LogP contribution in [0.2, 0.25) is 0 Å². The van der Waals surface area contributed by atoms with E-state index in [9.17, 15) is 8.42 Å². The molecule has 5 nitrogen and oxygen atoms in total. The molecule has 0 radical (unpaired) electrons. The lowest BCUT2D eigenvalue weighted by Crippen LogP contribution is -2.41. The third-order valence-electron chi connectivity index (χ3n) is 3.03. The lowest BCUT2D eigenvalue weighted by atomic mass is 10.2. The highest BCUT2D eigenvalue weighted by atomic mass is 32.2. The van der Waals surface area contributed by atoms with Gasteiger partial charge in [0.15, 0.2) is 9.84 Å². The first kappa shape index (κ1) is 13.3. The van der Waals surface area contributed by atoms with E-state index in [1.807, 2.05) is 12.1 Å². The van der Waals surface area contributed by atoms with Gasteiger partial charge in [-0.2, -0.15) is 0 Å². The van der Waals surface area contributed by atoms with Crippen LogP contribution in [0.5, 0.6) is 0 Å². The van der Waals surface area contributed by atoms with Gasteiger partial charge in [-0.15, -0.1) is 0 Å². The zero-order valence-corrected chi connectivity index (χ0v) is 10.9. The summed E-state index contributed by atoms with van der Waals surface area (Å²) in [5.41, 5.74) is 0. The summed E-state index contributed by atoms with van der Waals surface area (Å²) in [5.74, 6) is 0.888. The average Bonchev–Trinajstić information content (AvgIpc) is 2.91. The van der Waals surface area contributed by atoms with E-state index in [-0.39, 0.29) is 11.8 Å². The summed E-state index contributed by atoms with van der Waals surface area (Å²) in [6.45, 7) is 5.63. The van der Waals surface area contributed by atoms with E-state index in [2.05, 4.69) is 11.5 Å². The van der Waals surface area contributed by atoms with Crippen molar-refractivity contribution in [3.8, 4) is 0 Å². The monoisotopic (exact) mass is 271 g/mol. The minimum absolute atomic E-state index is 0.00577. The van der Waals surface area contributed by atoms with Crippen molar-refractivity contribution in [1.82, 2.24) is 4.90 Å². The van der Waals surface area contributed by atoms with Crippen LogP contribution in [0.4, 0.5) is 0 Å². The number of rotatable bonds is 5. The molecule has 6 heteroatoms. The van der Waals surface area contributed by atoms with Crippen LogP contribution in [0.15, 0.2) is 34.8 Å². The Kier molecular flexibility index (Phi) is 4.21. The molecule has 1 aliphatic heterocycles. The van der Waals surface area contributed by atoms with Gasteiger partial charge in [-0.25, -0.2) is 8.42 Å². The third kappa shape index (κ3) is 3.22. The van der Waals surface area contributed by atoms with Gasteiger partial charge in [0.25, 0.3) is 0 Å². The first-order valence-electron chi connectivity index (χ1n) is 5.83. The van der Waals surface area contributed by atoms with Gasteiger partial charge in [0, 0.05) is 18.5 Å². The first-order chi connectivity index (χ1) is 8.62. The van der Waals surface area contributed by atoms with E-state index >= 15 is 0 Å². The van der Waals surface area contributed by atoms with Crippen molar-refractivity contribution in [3.63, 3.8) is 0 Å². The fourth-order valence-electron chi connectivity index (χ4n) is 1.98. The number of nitrogens with zero attached hydrogens (tertiary/aromatic N) is 1. The van der Waals surface area contributed by atoms with Crippen LogP contribution in [0.1, 0.15) is 11.8 Å². The van der Waals surface area contributed by atoms with Gasteiger partial charge in [-0.3, -0.25) is 4.90 Å². The van der Waals surface area contributed by atoms with Crippen molar-refractivity contribution in [1.29, 1.82) is 0 Å². The lowest BCUT2D eigenvalue weighted by molar-refractivity contribution is -0.0130. The van der Waals surface area contributed by atoms with E-state index in [1.165, 1.54) is 0 Å². The van der Waals surface area contributed by atoms with Crippen LogP contribution in [0.3, 0.4) is 0 Å². The molecule has 0 aromatic carbocycles. The standard InChI is InChI=1S/C12H17NO4S/c1-2-18(14,15)9-6-13-5-8-16-10-11(13)12-4-3-7-17-12/h2-4,7,11H,1,5-6,8-10H2. The van der Waals surface area contributed by atoms with Crippen LogP contribution in [-0.4, -0.2) is 45.4 Å². The van der Waals surface area contributed by atoms with E-state index < -0.39 is 9.84 Å². The Bertz CT molecular complexity index is 480. The van der Waals surface area contributed by atoms with E-state index in [0.29, 0.717) is 26.3 Å². The minimum Gasteiger partial charge on any atom is -0.468 e. The second kappa shape index (κ2) is 5.69. The molecule has 0 spiro atoms. The highest BCUT2D eigenvalue weighted by Crippen LogP contribution is 2.24. The van der Waals surface area contributed by atoms with Gasteiger partial charge in [0.1, 0.15) is 5.76 Å². The molecule has 0 saturated carbocycles. The molecule has 1 aliphatic rings. The Balaban J connectivity index is 2.03. The smallest absolute Gasteiger partial charge is 0.172 e. The second-order valence-electron chi connectivity index (χ2n) is 4.18. The maximum atomic E-state index is 11.4. The highest BCUT2D eigenvalue weighted by molar-refractivity contribution is 7.94. The zero-order chi connectivity index (χ0) is 13.0. The van der Waals surface area contributed by atoms with Gasteiger partial charge in [-0.05, 0) is 12.1 Å². The molecular weight excluding hydrogens is 254 g/mol. The molecule has 1 saturated heterocycles. The normalized spacial score (nSPS) is 21.9. The molecule has 1 unspecified atom stereocenters. The molecule has 0 amide bonds. The second-order valence-corrected chi connectivity index (χ2v) is 6.24. The number of sulfone groups is 1. The SMILES string of the molecule is C=CS(=O)(=O)CCN1CCOCC1c1ccco1. The maximum absolute atomic E-state index is 11.4. The van der Waals surface area contributed by atoms with Crippen molar-refractivity contribution in [2.75, 3.05) is 32.1 Å². The number of hydrogen-bond acceptors (Lipinski definition) is 5. The Morgan fingerprint density at radius 2 is 2.39 bits per heavy atom. The van der Waals surface area contributed by atoms with Crippen LogP contribution < -0.4 is 0 Å².